The first-order valence-electron chi connectivity index (χ1n) is 4.63. The minimum atomic E-state index is -2.50. The lowest BCUT2D eigenvalue weighted by Gasteiger charge is -2.18. The van der Waals surface area contributed by atoms with Crippen LogP contribution in [0.25, 0.3) is 0 Å². The largest absolute Gasteiger partial charge is 0.505 e. The minimum Gasteiger partial charge on any atom is -0.505 e. The third kappa shape index (κ3) is 1.22. The zero-order chi connectivity index (χ0) is 13.2. The summed E-state index contributed by atoms with van der Waals surface area (Å²) in [4.78, 5) is 0. The monoisotopic (exact) mass is 244 g/mol. The summed E-state index contributed by atoms with van der Waals surface area (Å²) in [6.07, 6.45) is -0.538. The van der Waals surface area contributed by atoms with Gasteiger partial charge in [-0.3, -0.25) is 0 Å². The van der Waals surface area contributed by atoms with E-state index < -0.39 is 52.0 Å². The number of hydrogen-bond donors (Lipinski definition) is 8. The molecule has 0 aromatic heterocycles. The molecule has 1 atom stereocenters. The number of nitrogen functional groups attached to an aromatic ring is 2. The average molecular weight is 244 g/mol. The molecule has 1 fully saturated rings. The van der Waals surface area contributed by atoms with Gasteiger partial charge in [-0.15, -0.1) is 0 Å². The molecule has 0 heterocycles. The van der Waals surface area contributed by atoms with Crippen molar-refractivity contribution in [2.24, 2.45) is 0 Å². The van der Waals surface area contributed by atoms with Crippen molar-refractivity contribution in [3.63, 3.8) is 0 Å². The predicted molar refractivity (Wildman–Crippen MR) is 55.9 cm³/mol. The molecule has 0 radical (unpaired) electrons. The molecule has 0 spiro atoms. The van der Waals surface area contributed by atoms with Crippen LogP contribution in [0.15, 0.2) is 0 Å². The molecule has 0 unspecified atom stereocenters. The van der Waals surface area contributed by atoms with Gasteiger partial charge in [-0.05, 0) is 0 Å². The van der Waals surface area contributed by atoms with Crippen LogP contribution in [0.2, 0.25) is 0 Å². The van der Waals surface area contributed by atoms with Crippen molar-refractivity contribution in [2.45, 2.75) is 17.8 Å². The van der Waals surface area contributed by atoms with E-state index in [2.05, 4.69) is 0 Å². The van der Waals surface area contributed by atoms with E-state index in [4.69, 9.17) is 11.5 Å². The maximum Gasteiger partial charge on any atom is 0.200 e. The quantitative estimate of drug-likeness (QED) is 0.124. The molecule has 0 aliphatic heterocycles. The van der Waals surface area contributed by atoms with Crippen LogP contribution in [0, 0.1) is 0 Å². The SMILES string of the molecule is Nc1c(N)c(O)c([C@]2(O)CC2(O)O)c(O)c1O. The molecule has 1 aliphatic rings. The molecule has 0 saturated heterocycles. The molecule has 8 heteroatoms. The highest BCUT2D eigenvalue weighted by atomic mass is 16.6. The zero-order valence-electron chi connectivity index (χ0n) is 8.55. The van der Waals surface area contributed by atoms with Gasteiger partial charge in [0.15, 0.2) is 22.8 Å². The van der Waals surface area contributed by atoms with E-state index in [-0.39, 0.29) is 0 Å². The molecular weight excluding hydrogens is 232 g/mol. The van der Waals surface area contributed by atoms with Crippen molar-refractivity contribution in [1.82, 2.24) is 0 Å². The van der Waals surface area contributed by atoms with Crippen LogP contribution in [0.4, 0.5) is 11.4 Å². The molecule has 0 bridgehead atoms. The van der Waals surface area contributed by atoms with Crippen molar-refractivity contribution in [3.05, 3.63) is 5.56 Å². The number of rotatable bonds is 1. The Morgan fingerprint density at radius 1 is 0.824 bits per heavy atom. The second-order valence-electron chi connectivity index (χ2n) is 4.10. The topological polar surface area (TPSA) is 173 Å². The van der Waals surface area contributed by atoms with Gasteiger partial charge in [0.05, 0.1) is 5.56 Å². The summed E-state index contributed by atoms with van der Waals surface area (Å²) in [6, 6.07) is 0. The van der Waals surface area contributed by atoms with Gasteiger partial charge in [0.1, 0.15) is 11.4 Å². The molecule has 1 saturated carbocycles. The fourth-order valence-electron chi connectivity index (χ4n) is 1.74. The van der Waals surface area contributed by atoms with E-state index in [0.29, 0.717) is 0 Å². The Balaban J connectivity index is 2.73. The molecule has 2 rings (SSSR count). The molecule has 17 heavy (non-hydrogen) atoms. The summed E-state index contributed by atoms with van der Waals surface area (Å²) in [5, 5.41) is 56.9. The van der Waals surface area contributed by atoms with E-state index in [1.807, 2.05) is 0 Å². The third-order valence-corrected chi connectivity index (χ3v) is 2.95. The lowest BCUT2D eigenvalue weighted by molar-refractivity contribution is -0.133. The lowest BCUT2D eigenvalue weighted by atomic mass is 10.0. The van der Waals surface area contributed by atoms with Gasteiger partial charge in [0, 0.05) is 6.42 Å². The summed E-state index contributed by atoms with van der Waals surface area (Å²) in [6.45, 7) is 0. The van der Waals surface area contributed by atoms with Crippen LogP contribution >= 0.6 is 0 Å². The molecule has 94 valence electrons. The van der Waals surface area contributed by atoms with Crippen LogP contribution in [0.3, 0.4) is 0 Å². The maximum atomic E-state index is 9.80. The number of phenols is 3. The van der Waals surface area contributed by atoms with Crippen molar-refractivity contribution in [2.75, 3.05) is 11.5 Å². The summed E-state index contributed by atoms with van der Waals surface area (Å²) in [5.41, 5.74) is 6.75. The Hall–Kier alpha value is -1.90. The van der Waals surface area contributed by atoms with E-state index >= 15 is 0 Å². The average Bonchev–Trinajstić information content (AvgIpc) is 2.73. The molecule has 1 aromatic carbocycles. The first-order valence-corrected chi connectivity index (χ1v) is 4.63. The van der Waals surface area contributed by atoms with E-state index in [1.54, 1.807) is 0 Å². The van der Waals surface area contributed by atoms with Gasteiger partial charge >= 0.3 is 0 Å². The highest BCUT2D eigenvalue weighted by Gasteiger charge is 2.70. The molecule has 0 amide bonds. The summed E-state index contributed by atoms with van der Waals surface area (Å²) in [5.74, 6) is -5.09. The standard InChI is InChI=1S/C9H12N2O6/c10-3-4(11)7(14)6(13)2(5(3)12)8(15)1-9(8,16)17/h12-17H,1,10-11H2/t8-/m1/s1. The predicted octanol–water partition coefficient (Wildman–Crippen LogP) is -1.76. The number of nitrogens with two attached hydrogens (primary N) is 2. The van der Waals surface area contributed by atoms with Gasteiger partial charge in [-0.1, -0.05) is 0 Å². The van der Waals surface area contributed by atoms with Crippen LogP contribution < -0.4 is 11.5 Å². The summed E-state index contributed by atoms with van der Waals surface area (Å²) >= 11 is 0. The number of hydrogen-bond acceptors (Lipinski definition) is 8. The first kappa shape index (κ1) is 11.6. The number of benzene rings is 1. The van der Waals surface area contributed by atoms with Crippen molar-refractivity contribution < 1.29 is 30.6 Å². The van der Waals surface area contributed by atoms with Gasteiger partial charge in [0.2, 0.25) is 5.79 Å². The number of aromatic hydroxyl groups is 3. The molecular formula is C9H12N2O6. The number of anilines is 2. The van der Waals surface area contributed by atoms with Crippen molar-refractivity contribution in [1.29, 1.82) is 0 Å². The second kappa shape index (κ2) is 2.86. The Kier molecular flexibility index (Phi) is 1.95. The van der Waals surface area contributed by atoms with Gasteiger partial charge in [-0.25, -0.2) is 0 Å². The maximum absolute atomic E-state index is 9.80. The van der Waals surface area contributed by atoms with E-state index in [1.165, 1.54) is 0 Å². The molecule has 1 aromatic rings. The molecule has 10 N–H and O–H groups in total. The fraction of sp³-hybridized carbons (Fsp3) is 0.333. The zero-order valence-corrected chi connectivity index (χ0v) is 8.55. The Morgan fingerprint density at radius 3 is 1.65 bits per heavy atom. The summed E-state index contributed by atoms with van der Waals surface area (Å²) in [7, 11) is 0. The number of aliphatic hydroxyl groups is 3. The third-order valence-electron chi connectivity index (χ3n) is 2.95. The summed E-state index contributed by atoms with van der Waals surface area (Å²) < 4.78 is 0. The fourth-order valence-corrected chi connectivity index (χ4v) is 1.74. The van der Waals surface area contributed by atoms with Crippen LogP contribution in [0.5, 0.6) is 17.2 Å². The number of phenolic OH excluding ortho intramolecular Hbond substituents is 3. The smallest absolute Gasteiger partial charge is 0.200 e. The Morgan fingerprint density at radius 2 is 1.24 bits per heavy atom. The van der Waals surface area contributed by atoms with Crippen molar-refractivity contribution in [3.8, 4) is 17.2 Å². The van der Waals surface area contributed by atoms with E-state index in [0.717, 1.165) is 0 Å². The Labute approximate surface area is 95.0 Å². The van der Waals surface area contributed by atoms with Crippen LogP contribution in [0.1, 0.15) is 12.0 Å². The van der Waals surface area contributed by atoms with Gasteiger partial charge < -0.3 is 42.1 Å². The van der Waals surface area contributed by atoms with Crippen LogP contribution in [-0.2, 0) is 5.60 Å². The molecule has 8 nitrogen and oxygen atoms in total. The second-order valence-corrected chi connectivity index (χ2v) is 4.10. The minimum absolute atomic E-state index is 0.463. The van der Waals surface area contributed by atoms with E-state index in [9.17, 15) is 30.6 Å². The molecule has 1 aliphatic carbocycles. The first-order chi connectivity index (χ1) is 7.63. The lowest BCUT2D eigenvalue weighted by Crippen LogP contribution is -2.23. The van der Waals surface area contributed by atoms with Gasteiger partial charge in [0.25, 0.3) is 0 Å². The van der Waals surface area contributed by atoms with Gasteiger partial charge in [-0.2, -0.15) is 0 Å². The van der Waals surface area contributed by atoms with Crippen LogP contribution in [-0.4, -0.2) is 36.4 Å². The normalized spacial score (nSPS) is 25.8. The Bertz CT molecular complexity index is 486. The van der Waals surface area contributed by atoms with Crippen molar-refractivity contribution >= 4 is 11.4 Å². The highest BCUT2D eigenvalue weighted by Crippen LogP contribution is 2.61. The highest BCUT2D eigenvalue weighted by molar-refractivity contribution is 5.83.